The Morgan fingerprint density at radius 3 is 2.73 bits per heavy atom. The molecule has 1 aliphatic heterocycles. The van der Waals surface area contributed by atoms with Crippen LogP contribution >= 0.6 is 0 Å². The highest BCUT2D eigenvalue weighted by Crippen LogP contribution is 2.37. The minimum absolute atomic E-state index is 0.102. The van der Waals surface area contributed by atoms with E-state index >= 15 is 0 Å². The maximum absolute atomic E-state index is 14.0. The van der Waals surface area contributed by atoms with Crippen LogP contribution < -0.4 is 10.1 Å². The van der Waals surface area contributed by atoms with Crippen molar-refractivity contribution in [3.63, 3.8) is 0 Å². The number of fused-ring (bicyclic) bond motifs is 2. The Hall–Kier alpha value is -2.98. The summed E-state index contributed by atoms with van der Waals surface area (Å²) in [6, 6.07) is 0.375. The number of ether oxygens (including phenoxy) is 1. The average molecular weight is 429 g/mol. The quantitative estimate of drug-likeness (QED) is 0.719. The third kappa shape index (κ3) is 3.75. The van der Waals surface area contributed by atoms with Gasteiger partial charge < -0.3 is 10.1 Å². The SMILES string of the molecule is O=C(N[C@H]1COc2cc(F)cc(F)c2CC1=O)c1n[nH]c2c1C[C@@H](C(F)(F)F)CC2. The van der Waals surface area contributed by atoms with Crippen molar-refractivity contribution in [2.45, 2.75) is 37.9 Å². The van der Waals surface area contributed by atoms with Gasteiger partial charge in [0.1, 0.15) is 30.0 Å². The summed E-state index contributed by atoms with van der Waals surface area (Å²) >= 11 is 0. The Kier molecular flexibility index (Phi) is 4.99. The lowest BCUT2D eigenvalue weighted by Gasteiger charge is -2.24. The van der Waals surface area contributed by atoms with Crippen molar-refractivity contribution in [3.8, 4) is 5.75 Å². The Bertz CT molecular complexity index is 1020. The van der Waals surface area contributed by atoms with E-state index in [0.29, 0.717) is 11.8 Å². The highest BCUT2D eigenvalue weighted by Gasteiger charge is 2.43. The summed E-state index contributed by atoms with van der Waals surface area (Å²) in [6.07, 6.45) is -5.20. The number of carbonyl (C=O) groups is 2. The molecule has 0 bridgehead atoms. The summed E-state index contributed by atoms with van der Waals surface area (Å²) in [7, 11) is 0. The third-order valence-corrected chi connectivity index (χ3v) is 5.39. The topological polar surface area (TPSA) is 84.1 Å². The van der Waals surface area contributed by atoms with Crippen LogP contribution in [0.2, 0.25) is 0 Å². The number of aromatic nitrogens is 2. The first-order valence-electron chi connectivity index (χ1n) is 9.20. The van der Waals surface area contributed by atoms with Crippen molar-refractivity contribution in [2.24, 2.45) is 5.92 Å². The van der Waals surface area contributed by atoms with E-state index in [1.807, 2.05) is 0 Å². The Balaban J connectivity index is 1.51. The second kappa shape index (κ2) is 7.37. The molecule has 0 saturated heterocycles. The van der Waals surface area contributed by atoms with Crippen LogP contribution in [0.1, 0.15) is 33.7 Å². The van der Waals surface area contributed by atoms with Crippen LogP contribution in [-0.4, -0.2) is 40.7 Å². The number of nitrogens with one attached hydrogen (secondary N) is 2. The maximum Gasteiger partial charge on any atom is 0.392 e. The van der Waals surface area contributed by atoms with Crippen molar-refractivity contribution in [2.75, 3.05) is 6.61 Å². The summed E-state index contributed by atoms with van der Waals surface area (Å²) in [5.74, 6) is -4.94. The lowest BCUT2D eigenvalue weighted by molar-refractivity contribution is -0.177. The Morgan fingerprint density at radius 2 is 2.00 bits per heavy atom. The van der Waals surface area contributed by atoms with Crippen molar-refractivity contribution in [1.82, 2.24) is 15.5 Å². The highest BCUT2D eigenvalue weighted by molar-refractivity contribution is 5.98. The van der Waals surface area contributed by atoms with Gasteiger partial charge in [0.25, 0.3) is 5.91 Å². The van der Waals surface area contributed by atoms with Crippen LogP contribution in [0.25, 0.3) is 0 Å². The number of hydrogen-bond donors (Lipinski definition) is 2. The van der Waals surface area contributed by atoms with Gasteiger partial charge in [-0.1, -0.05) is 0 Å². The summed E-state index contributed by atoms with van der Waals surface area (Å²) in [6.45, 7) is -0.377. The van der Waals surface area contributed by atoms with Gasteiger partial charge >= 0.3 is 6.18 Å². The first kappa shape index (κ1) is 20.3. The molecule has 1 amide bonds. The van der Waals surface area contributed by atoms with E-state index in [1.165, 1.54) is 0 Å². The van der Waals surface area contributed by atoms with Crippen molar-refractivity contribution in [3.05, 3.63) is 46.3 Å². The number of carbonyl (C=O) groups excluding carboxylic acids is 2. The molecule has 11 heteroatoms. The molecule has 6 nitrogen and oxygen atoms in total. The van der Waals surface area contributed by atoms with Gasteiger partial charge in [-0.15, -0.1) is 0 Å². The van der Waals surface area contributed by atoms with Crippen LogP contribution in [0.5, 0.6) is 5.75 Å². The van der Waals surface area contributed by atoms with E-state index < -0.39 is 47.9 Å². The highest BCUT2D eigenvalue weighted by atomic mass is 19.4. The lowest BCUT2D eigenvalue weighted by atomic mass is 9.86. The summed E-state index contributed by atoms with van der Waals surface area (Å²) < 4.78 is 71.9. The summed E-state index contributed by atoms with van der Waals surface area (Å²) in [5, 5.41) is 8.80. The molecule has 2 heterocycles. The molecule has 2 aromatic rings. The number of amides is 1. The summed E-state index contributed by atoms with van der Waals surface area (Å²) in [4.78, 5) is 25.1. The molecule has 0 radical (unpaired) electrons. The van der Waals surface area contributed by atoms with Crippen LogP contribution in [0.3, 0.4) is 0 Å². The number of ketones is 1. The second-order valence-electron chi connectivity index (χ2n) is 7.36. The fourth-order valence-corrected chi connectivity index (χ4v) is 3.75. The molecule has 0 spiro atoms. The summed E-state index contributed by atoms with van der Waals surface area (Å²) in [5.41, 5.74) is 0.280. The molecular weight excluding hydrogens is 413 g/mol. The van der Waals surface area contributed by atoms with E-state index in [0.717, 1.165) is 6.07 Å². The molecule has 2 atom stereocenters. The molecule has 2 N–H and O–H groups in total. The Morgan fingerprint density at radius 1 is 1.23 bits per heavy atom. The number of halogens is 5. The average Bonchev–Trinajstić information content (AvgIpc) is 3.03. The van der Waals surface area contributed by atoms with Crippen LogP contribution in [0.15, 0.2) is 12.1 Å². The molecule has 1 aromatic carbocycles. The van der Waals surface area contributed by atoms with Crippen molar-refractivity contribution < 1.29 is 36.3 Å². The monoisotopic (exact) mass is 429 g/mol. The Labute approximate surface area is 166 Å². The predicted octanol–water partition coefficient (Wildman–Crippen LogP) is 2.66. The smallest absolute Gasteiger partial charge is 0.392 e. The zero-order valence-corrected chi connectivity index (χ0v) is 15.4. The predicted molar refractivity (Wildman–Crippen MR) is 92.0 cm³/mol. The lowest BCUT2D eigenvalue weighted by Crippen LogP contribution is -2.45. The van der Waals surface area contributed by atoms with E-state index in [2.05, 4.69) is 15.5 Å². The minimum Gasteiger partial charge on any atom is -0.490 e. The van der Waals surface area contributed by atoms with Gasteiger partial charge in [0, 0.05) is 35.4 Å². The second-order valence-corrected chi connectivity index (χ2v) is 7.36. The standard InChI is InChI=1S/C19H16F5N3O3/c20-9-4-12(21)10-6-15(28)14(7-30-16(10)5-9)25-18(29)17-11-3-8(19(22,23)24)1-2-13(11)26-27-17/h4-5,8,14H,1-3,6-7H2,(H,25,29)(H,26,27)/t8-,14-/m0/s1. The van der Waals surface area contributed by atoms with Gasteiger partial charge in [-0.2, -0.15) is 18.3 Å². The van der Waals surface area contributed by atoms with Gasteiger partial charge in [-0.25, -0.2) is 8.78 Å². The normalized spacial score (nSPS) is 21.3. The van der Waals surface area contributed by atoms with Gasteiger partial charge in [-0.3, -0.25) is 14.7 Å². The molecular formula is C19H16F5N3O3. The largest absolute Gasteiger partial charge is 0.490 e. The number of rotatable bonds is 2. The molecule has 4 rings (SSSR count). The molecule has 0 unspecified atom stereocenters. The van der Waals surface area contributed by atoms with Crippen LogP contribution in [0.4, 0.5) is 22.0 Å². The fourth-order valence-electron chi connectivity index (χ4n) is 3.75. The van der Waals surface area contributed by atoms with E-state index in [9.17, 15) is 31.5 Å². The fraction of sp³-hybridized carbons (Fsp3) is 0.421. The van der Waals surface area contributed by atoms with Gasteiger partial charge in [0.05, 0.1) is 5.92 Å². The third-order valence-electron chi connectivity index (χ3n) is 5.39. The van der Waals surface area contributed by atoms with E-state index in [4.69, 9.17) is 4.74 Å². The van der Waals surface area contributed by atoms with Crippen molar-refractivity contribution >= 4 is 11.7 Å². The van der Waals surface area contributed by atoms with Crippen LogP contribution in [0, 0.1) is 17.6 Å². The molecule has 1 aliphatic carbocycles. The maximum atomic E-state index is 14.0. The van der Waals surface area contributed by atoms with E-state index in [1.54, 1.807) is 0 Å². The van der Waals surface area contributed by atoms with Gasteiger partial charge in [-0.05, 0) is 19.3 Å². The zero-order valence-electron chi connectivity index (χ0n) is 15.4. The zero-order chi connectivity index (χ0) is 21.6. The first-order chi connectivity index (χ1) is 14.1. The number of alkyl halides is 3. The molecule has 160 valence electrons. The number of H-pyrrole nitrogens is 1. The number of hydrogen-bond acceptors (Lipinski definition) is 4. The van der Waals surface area contributed by atoms with E-state index in [-0.39, 0.29) is 48.4 Å². The van der Waals surface area contributed by atoms with Gasteiger partial charge in [0.2, 0.25) is 0 Å². The van der Waals surface area contributed by atoms with Crippen LogP contribution in [-0.2, 0) is 24.1 Å². The molecule has 2 aliphatic rings. The molecule has 30 heavy (non-hydrogen) atoms. The molecule has 0 saturated carbocycles. The number of aryl methyl sites for hydroxylation is 1. The first-order valence-corrected chi connectivity index (χ1v) is 9.20. The number of Topliss-reactive ketones (excluding diaryl/α,β-unsaturated/α-hetero) is 1. The molecule has 0 fully saturated rings. The van der Waals surface area contributed by atoms with Gasteiger partial charge in [0.15, 0.2) is 11.5 Å². The number of benzene rings is 1. The number of aromatic amines is 1. The minimum atomic E-state index is -4.39. The van der Waals surface area contributed by atoms with Crippen molar-refractivity contribution in [1.29, 1.82) is 0 Å². The molecule has 1 aromatic heterocycles. The number of nitrogens with zero attached hydrogens (tertiary/aromatic N) is 1.